The first-order chi connectivity index (χ1) is 12.8. The van der Waals surface area contributed by atoms with Crippen LogP contribution in [-0.2, 0) is 10.2 Å². The average Bonchev–Trinajstić information content (AvgIpc) is 3.16. The number of benzene rings is 1. The lowest BCUT2D eigenvalue weighted by Crippen LogP contribution is -2.51. The molecular weight excluding hydrogens is 346 g/mol. The second-order valence-corrected chi connectivity index (χ2v) is 6.74. The number of ether oxygens (including phenoxy) is 1. The molecule has 1 saturated heterocycles. The Bertz CT molecular complexity index is 1000. The summed E-state index contributed by atoms with van der Waals surface area (Å²) in [6.45, 7) is 4.85. The normalized spacial score (nSPS) is 21.7. The minimum atomic E-state index is -0.970. The summed E-state index contributed by atoms with van der Waals surface area (Å²) in [6.07, 6.45) is 3.08. The second kappa shape index (κ2) is 6.25. The zero-order valence-electron chi connectivity index (χ0n) is 14.8. The van der Waals surface area contributed by atoms with Gasteiger partial charge in [-0.3, -0.25) is 10.1 Å². The molecule has 8 nitrogen and oxygen atoms in total. The topological polar surface area (TPSA) is 127 Å². The number of allylic oxidation sites excluding steroid dienone is 3. The van der Waals surface area contributed by atoms with Gasteiger partial charge in [0.25, 0.3) is 5.69 Å². The first-order valence-corrected chi connectivity index (χ1v) is 8.16. The molecule has 134 valence electrons. The summed E-state index contributed by atoms with van der Waals surface area (Å²) in [7, 11) is 0. The maximum absolute atomic E-state index is 11.2. The first-order valence-electron chi connectivity index (χ1n) is 8.16. The van der Waals surface area contributed by atoms with Crippen LogP contribution in [0.3, 0.4) is 0 Å². The van der Waals surface area contributed by atoms with Crippen LogP contribution in [0.15, 0.2) is 41.5 Å². The number of rotatable bonds is 3. The van der Waals surface area contributed by atoms with Crippen molar-refractivity contribution in [1.82, 2.24) is 0 Å². The Morgan fingerprint density at radius 3 is 2.59 bits per heavy atom. The van der Waals surface area contributed by atoms with Crippen LogP contribution in [0.5, 0.6) is 0 Å². The molecule has 1 fully saturated rings. The van der Waals surface area contributed by atoms with Crippen molar-refractivity contribution in [1.29, 1.82) is 15.8 Å². The van der Waals surface area contributed by atoms with E-state index < -0.39 is 16.1 Å². The monoisotopic (exact) mass is 361 g/mol. The van der Waals surface area contributed by atoms with Crippen LogP contribution >= 0.6 is 0 Å². The Morgan fingerprint density at radius 1 is 1.30 bits per heavy atom. The van der Waals surface area contributed by atoms with E-state index >= 15 is 0 Å². The van der Waals surface area contributed by atoms with Crippen molar-refractivity contribution in [2.45, 2.75) is 25.0 Å². The molecule has 2 heterocycles. The Balaban J connectivity index is 2.15. The zero-order valence-corrected chi connectivity index (χ0v) is 14.8. The first kappa shape index (κ1) is 18.1. The molecule has 2 aliphatic rings. The van der Waals surface area contributed by atoms with Crippen molar-refractivity contribution >= 4 is 11.4 Å². The molecule has 0 spiro atoms. The lowest BCUT2D eigenvalue weighted by Gasteiger charge is -2.39. The maximum atomic E-state index is 11.2. The minimum Gasteiger partial charge on any atom is -0.349 e. The van der Waals surface area contributed by atoms with Crippen molar-refractivity contribution in [2.24, 2.45) is 0 Å². The summed E-state index contributed by atoms with van der Waals surface area (Å²) < 4.78 is 6.08. The van der Waals surface area contributed by atoms with Crippen molar-refractivity contribution in [3.8, 4) is 18.2 Å². The SMILES string of the molecule is CC1(C)c2cc([N+](=O)[O-])ccc2N2CCOC21/C=C/C(C#N)=C(C#N)C#N. The van der Waals surface area contributed by atoms with Crippen LogP contribution in [0.25, 0.3) is 0 Å². The Labute approximate surface area is 155 Å². The highest BCUT2D eigenvalue weighted by atomic mass is 16.6. The van der Waals surface area contributed by atoms with Gasteiger partial charge in [0.2, 0.25) is 0 Å². The highest BCUT2D eigenvalue weighted by Crippen LogP contribution is 2.55. The fourth-order valence-electron chi connectivity index (χ4n) is 3.78. The van der Waals surface area contributed by atoms with Gasteiger partial charge in [-0.05, 0) is 23.8 Å². The maximum Gasteiger partial charge on any atom is 0.269 e. The standard InChI is InChI=1S/C19H15N5O3/c1-18(2)16-9-15(24(25)26)3-4-17(16)23-7-8-27-19(18,23)6-5-13(10-20)14(11-21)12-22/h3-6,9H,7-8H2,1-2H3/b6-5+. The average molecular weight is 361 g/mol. The number of non-ortho nitro benzene ring substituents is 1. The fourth-order valence-corrected chi connectivity index (χ4v) is 3.78. The largest absolute Gasteiger partial charge is 0.349 e. The summed E-state index contributed by atoms with van der Waals surface area (Å²) in [4.78, 5) is 12.7. The molecule has 0 saturated carbocycles. The number of fused-ring (bicyclic) bond motifs is 3. The van der Waals surface area contributed by atoms with Gasteiger partial charge >= 0.3 is 0 Å². The van der Waals surface area contributed by atoms with Crippen molar-refractivity contribution < 1.29 is 9.66 Å². The molecule has 8 heteroatoms. The zero-order chi connectivity index (χ0) is 19.8. The number of nitrogens with zero attached hydrogens (tertiary/aromatic N) is 5. The van der Waals surface area contributed by atoms with Crippen molar-refractivity contribution in [2.75, 3.05) is 18.1 Å². The summed E-state index contributed by atoms with van der Waals surface area (Å²) in [5.74, 6) is 0. The Hall–Kier alpha value is -3.67. The van der Waals surface area contributed by atoms with Gasteiger partial charge in [-0.2, -0.15) is 15.8 Å². The highest BCUT2D eigenvalue weighted by molar-refractivity contribution is 5.70. The molecule has 2 aliphatic heterocycles. The molecule has 1 aromatic carbocycles. The van der Waals surface area contributed by atoms with Crippen molar-refractivity contribution in [3.05, 3.63) is 57.2 Å². The lowest BCUT2D eigenvalue weighted by molar-refractivity contribution is -0.384. The molecule has 0 aromatic heterocycles. The van der Waals surface area contributed by atoms with Crippen LogP contribution in [0, 0.1) is 44.1 Å². The predicted molar refractivity (Wildman–Crippen MR) is 95.2 cm³/mol. The molecule has 3 rings (SSSR count). The van der Waals surface area contributed by atoms with E-state index in [9.17, 15) is 15.4 Å². The molecule has 0 radical (unpaired) electrons. The van der Waals surface area contributed by atoms with Crippen LogP contribution in [0.2, 0.25) is 0 Å². The summed E-state index contributed by atoms with van der Waals surface area (Å²) in [6, 6.07) is 9.98. The number of anilines is 1. The van der Waals surface area contributed by atoms with E-state index in [0.717, 1.165) is 11.3 Å². The lowest BCUT2D eigenvalue weighted by atomic mass is 9.77. The molecule has 1 atom stereocenters. The Morgan fingerprint density at radius 2 is 2.00 bits per heavy atom. The van der Waals surface area contributed by atoms with Crippen LogP contribution in [0.4, 0.5) is 11.4 Å². The van der Waals surface area contributed by atoms with E-state index in [1.54, 1.807) is 30.3 Å². The van der Waals surface area contributed by atoms with E-state index in [1.165, 1.54) is 12.1 Å². The van der Waals surface area contributed by atoms with Gasteiger partial charge < -0.3 is 9.64 Å². The van der Waals surface area contributed by atoms with Gasteiger partial charge in [-0.1, -0.05) is 13.8 Å². The van der Waals surface area contributed by atoms with Crippen LogP contribution in [-0.4, -0.2) is 23.8 Å². The molecule has 27 heavy (non-hydrogen) atoms. The minimum absolute atomic E-state index is 0.00372. The number of nitro groups is 1. The van der Waals surface area contributed by atoms with Crippen molar-refractivity contribution in [3.63, 3.8) is 0 Å². The summed E-state index contributed by atoms with van der Waals surface area (Å²) in [5, 5.41) is 38.5. The molecular formula is C19H15N5O3. The van der Waals surface area contributed by atoms with Gasteiger partial charge in [0, 0.05) is 29.8 Å². The number of hydrogen-bond donors (Lipinski definition) is 0. The van der Waals surface area contributed by atoms with E-state index in [4.69, 9.17) is 15.3 Å². The van der Waals surface area contributed by atoms with E-state index in [2.05, 4.69) is 0 Å². The highest BCUT2D eigenvalue weighted by Gasteiger charge is 2.59. The van der Waals surface area contributed by atoms with E-state index in [0.29, 0.717) is 13.2 Å². The molecule has 0 amide bonds. The quantitative estimate of drug-likeness (QED) is 0.350. The molecule has 0 aliphatic carbocycles. The number of nitro benzene ring substituents is 1. The third-order valence-electron chi connectivity index (χ3n) is 5.18. The number of nitriles is 3. The molecule has 0 bridgehead atoms. The summed E-state index contributed by atoms with van der Waals surface area (Å²) >= 11 is 0. The van der Waals surface area contributed by atoms with Crippen LogP contribution in [0.1, 0.15) is 19.4 Å². The molecule has 0 N–H and O–H groups in total. The third kappa shape index (κ3) is 2.45. The second-order valence-electron chi connectivity index (χ2n) is 6.74. The fraction of sp³-hybridized carbons (Fsp3) is 0.316. The third-order valence-corrected chi connectivity index (χ3v) is 5.18. The van der Waals surface area contributed by atoms with Gasteiger partial charge in [-0.15, -0.1) is 0 Å². The molecule has 1 aromatic rings. The van der Waals surface area contributed by atoms with E-state index in [1.807, 2.05) is 24.8 Å². The molecule has 1 unspecified atom stereocenters. The van der Waals surface area contributed by atoms with E-state index in [-0.39, 0.29) is 16.8 Å². The number of hydrogen-bond acceptors (Lipinski definition) is 7. The van der Waals surface area contributed by atoms with Gasteiger partial charge in [0.05, 0.1) is 17.1 Å². The van der Waals surface area contributed by atoms with Crippen LogP contribution < -0.4 is 4.90 Å². The summed E-state index contributed by atoms with van der Waals surface area (Å²) in [5.41, 5.74) is -0.373. The van der Waals surface area contributed by atoms with Gasteiger partial charge in [-0.25, -0.2) is 0 Å². The van der Waals surface area contributed by atoms with Gasteiger partial charge in [0.15, 0.2) is 5.72 Å². The Kier molecular flexibility index (Phi) is 4.19. The predicted octanol–water partition coefficient (Wildman–Crippen LogP) is 2.84. The smallest absolute Gasteiger partial charge is 0.269 e. The van der Waals surface area contributed by atoms with Gasteiger partial charge in [0.1, 0.15) is 23.8 Å².